The molecule has 2 N–H and O–H groups in total. The highest BCUT2D eigenvalue weighted by molar-refractivity contribution is 6.28. The molecule has 7 heteroatoms. The summed E-state index contributed by atoms with van der Waals surface area (Å²) in [5.41, 5.74) is 5.47. The summed E-state index contributed by atoms with van der Waals surface area (Å²) in [5.74, 6) is -0.196. The van der Waals surface area contributed by atoms with Crippen LogP contribution in [0, 0.1) is 0 Å². The Balaban J connectivity index is 2.54. The first-order valence-corrected chi connectivity index (χ1v) is 4.57. The van der Waals surface area contributed by atoms with E-state index in [0.717, 1.165) is 0 Å². The van der Waals surface area contributed by atoms with Gasteiger partial charge in [0.25, 0.3) is 0 Å². The summed E-state index contributed by atoms with van der Waals surface area (Å²) < 4.78 is 9.68. The summed E-state index contributed by atoms with van der Waals surface area (Å²) >= 11 is 5.48. The van der Waals surface area contributed by atoms with Crippen molar-refractivity contribution in [2.45, 2.75) is 6.92 Å². The summed E-state index contributed by atoms with van der Waals surface area (Å²) in [7, 11) is 0. The SMILES string of the molecule is CCOC(=O)COc1cnc(Cl)nc1N. The number of nitrogens with two attached hydrogens (primary N) is 1. The number of halogens is 1. The van der Waals surface area contributed by atoms with Crippen molar-refractivity contribution in [2.24, 2.45) is 0 Å². The number of carbonyl (C=O) groups is 1. The minimum absolute atomic E-state index is 0.0241. The number of ether oxygens (including phenoxy) is 2. The highest BCUT2D eigenvalue weighted by Crippen LogP contribution is 2.18. The lowest BCUT2D eigenvalue weighted by molar-refractivity contribution is -0.145. The van der Waals surface area contributed by atoms with Gasteiger partial charge in [0.15, 0.2) is 18.2 Å². The van der Waals surface area contributed by atoms with Crippen LogP contribution in [0.1, 0.15) is 6.92 Å². The standard InChI is InChI=1S/C8H10ClN3O3/c1-2-14-6(13)4-15-5-3-11-8(9)12-7(5)10/h3H,2,4H2,1H3,(H2,10,11,12). The molecular weight excluding hydrogens is 222 g/mol. The highest BCUT2D eigenvalue weighted by atomic mass is 35.5. The van der Waals surface area contributed by atoms with Crippen LogP contribution in [0.15, 0.2) is 6.20 Å². The van der Waals surface area contributed by atoms with Gasteiger partial charge in [-0.2, -0.15) is 4.98 Å². The Bertz CT molecular complexity index is 359. The number of hydrogen-bond donors (Lipinski definition) is 1. The maximum atomic E-state index is 10.9. The van der Waals surface area contributed by atoms with Gasteiger partial charge in [-0.05, 0) is 18.5 Å². The maximum Gasteiger partial charge on any atom is 0.344 e. The van der Waals surface area contributed by atoms with Crippen LogP contribution in [-0.4, -0.2) is 29.2 Å². The molecule has 0 aliphatic rings. The Morgan fingerprint density at radius 3 is 3.00 bits per heavy atom. The van der Waals surface area contributed by atoms with Gasteiger partial charge in [-0.3, -0.25) is 0 Å². The van der Waals surface area contributed by atoms with Crippen molar-refractivity contribution in [3.63, 3.8) is 0 Å². The number of nitrogen functional groups attached to an aromatic ring is 1. The molecule has 15 heavy (non-hydrogen) atoms. The molecule has 6 nitrogen and oxygen atoms in total. The van der Waals surface area contributed by atoms with Crippen molar-refractivity contribution in [1.82, 2.24) is 9.97 Å². The number of carbonyl (C=O) groups excluding carboxylic acids is 1. The molecule has 0 fully saturated rings. The van der Waals surface area contributed by atoms with Crippen LogP contribution in [-0.2, 0) is 9.53 Å². The van der Waals surface area contributed by atoms with E-state index in [1.54, 1.807) is 6.92 Å². The maximum absolute atomic E-state index is 10.9. The van der Waals surface area contributed by atoms with Gasteiger partial charge < -0.3 is 15.2 Å². The van der Waals surface area contributed by atoms with E-state index in [4.69, 9.17) is 22.1 Å². The zero-order valence-electron chi connectivity index (χ0n) is 8.07. The molecule has 0 aliphatic heterocycles. The summed E-state index contributed by atoms with van der Waals surface area (Å²) in [6.45, 7) is 1.77. The summed E-state index contributed by atoms with van der Waals surface area (Å²) in [6.07, 6.45) is 1.30. The molecule has 82 valence electrons. The fourth-order valence-electron chi connectivity index (χ4n) is 0.812. The van der Waals surface area contributed by atoms with E-state index < -0.39 is 5.97 Å². The molecule has 0 atom stereocenters. The molecule has 0 aromatic carbocycles. The number of aromatic nitrogens is 2. The monoisotopic (exact) mass is 231 g/mol. The fourth-order valence-corrected chi connectivity index (χ4v) is 0.952. The third-order valence-electron chi connectivity index (χ3n) is 1.40. The molecule has 0 bridgehead atoms. The molecule has 1 heterocycles. The van der Waals surface area contributed by atoms with Gasteiger partial charge in [0.05, 0.1) is 12.8 Å². The van der Waals surface area contributed by atoms with Gasteiger partial charge in [-0.25, -0.2) is 9.78 Å². The molecule has 0 unspecified atom stereocenters. The third kappa shape index (κ3) is 3.59. The second kappa shape index (κ2) is 5.35. The molecule has 0 aliphatic carbocycles. The zero-order chi connectivity index (χ0) is 11.3. The topological polar surface area (TPSA) is 87.3 Å². The van der Waals surface area contributed by atoms with Crippen molar-refractivity contribution in [3.05, 3.63) is 11.5 Å². The fraction of sp³-hybridized carbons (Fsp3) is 0.375. The molecule has 0 spiro atoms. The van der Waals surface area contributed by atoms with E-state index in [0.29, 0.717) is 6.61 Å². The van der Waals surface area contributed by atoms with Gasteiger partial charge in [0.2, 0.25) is 5.28 Å². The lowest BCUT2D eigenvalue weighted by Crippen LogP contribution is -2.15. The first-order valence-electron chi connectivity index (χ1n) is 4.20. The summed E-state index contributed by atoms with van der Waals surface area (Å²) in [6, 6.07) is 0. The number of hydrogen-bond acceptors (Lipinski definition) is 6. The molecular formula is C8H10ClN3O3. The van der Waals surface area contributed by atoms with Crippen molar-refractivity contribution < 1.29 is 14.3 Å². The first-order chi connectivity index (χ1) is 7.13. The van der Waals surface area contributed by atoms with Crippen LogP contribution in [0.2, 0.25) is 5.28 Å². The van der Waals surface area contributed by atoms with E-state index in [1.165, 1.54) is 6.20 Å². The van der Waals surface area contributed by atoms with Crippen LogP contribution in [0.25, 0.3) is 0 Å². The van der Waals surface area contributed by atoms with Crippen LogP contribution < -0.4 is 10.5 Å². The number of esters is 1. The minimum Gasteiger partial charge on any atom is -0.476 e. The average Bonchev–Trinajstić information content (AvgIpc) is 2.17. The Morgan fingerprint density at radius 2 is 2.40 bits per heavy atom. The van der Waals surface area contributed by atoms with E-state index in [9.17, 15) is 4.79 Å². The molecule has 0 amide bonds. The van der Waals surface area contributed by atoms with Crippen LogP contribution >= 0.6 is 11.6 Å². The minimum atomic E-state index is -0.480. The third-order valence-corrected chi connectivity index (χ3v) is 1.59. The lowest BCUT2D eigenvalue weighted by Gasteiger charge is -2.06. The van der Waals surface area contributed by atoms with Crippen LogP contribution in [0.3, 0.4) is 0 Å². The molecule has 0 radical (unpaired) electrons. The molecule has 0 saturated heterocycles. The lowest BCUT2D eigenvalue weighted by atomic mass is 10.5. The highest BCUT2D eigenvalue weighted by Gasteiger charge is 2.07. The van der Waals surface area contributed by atoms with E-state index >= 15 is 0 Å². The summed E-state index contributed by atoms with van der Waals surface area (Å²) in [5, 5.41) is 0.0241. The zero-order valence-corrected chi connectivity index (χ0v) is 8.82. The van der Waals surface area contributed by atoms with Gasteiger partial charge in [0.1, 0.15) is 0 Å². The Hall–Kier alpha value is -1.56. The van der Waals surface area contributed by atoms with Gasteiger partial charge >= 0.3 is 5.97 Å². The Kier molecular flexibility index (Phi) is 4.11. The number of rotatable bonds is 4. The van der Waals surface area contributed by atoms with Crippen LogP contribution in [0.4, 0.5) is 5.82 Å². The average molecular weight is 232 g/mol. The van der Waals surface area contributed by atoms with Gasteiger partial charge in [0, 0.05) is 0 Å². The summed E-state index contributed by atoms with van der Waals surface area (Å²) in [4.78, 5) is 18.3. The molecule has 0 saturated carbocycles. The quantitative estimate of drug-likeness (QED) is 0.605. The smallest absolute Gasteiger partial charge is 0.344 e. The van der Waals surface area contributed by atoms with Gasteiger partial charge in [-0.15, -0.1) is 0 Å². The van der Waals surface area contributed by atoms with Crippen LogP contribution in [0.5, 0.6) is 5.75 Å². The normalized spacial score (nSPS) is 9.73. The number of anilines is 1. The largest absolute Gasteiger partial charge is 0.476 e. The van der Waals surface area contributed by atoms with E-state index in [1.807, 2.05) is 0 Å². The predicted molar refractivity (Wildman–Crippen MR) is 53.6 cm³/mol. The van der Waals surface area contributed by atoms with Crippen molar-refractivity contribution in [2.75, 3.05) is 18.9 Å². The second-order valence-corrected chi connectivity index (χ2v) is 2.82. The van der Waals surface area contributed by atoms with Gasteiger partial charge in [-0.1, -0.05) is 0 Å². The molecule has 1 rings (SSSR count). The first kappa shape index (κ1) is 11.5. The van der Waals surface area contributed by atoms with E-state index in [2.05, 4.69) is 14.7 Å². The predicted octanol–water partition coefficient (Wildman–Crippen LogP) is 0.654. The van der Waals surface area contributed by atoms with E-state index in [-0.39, 0.29) is 23.5 Å². The molecule has 1 aromatic heterocycles. The number of nitrogens with zero attached hydrogens (tertiary/aromatic N) is 2. The Labute approximate surface area is 91.4 Å². The second-order valence-electron chi connectivity index (χ2n) is 2.48. The van der Waals surface area contributed by atoms with Crippen molar-refractivity contribution in [3.8, 4) is 5.75 Å². The molecule has 1 aromatic rings. The Morgan fingerprint density at radius 1 is 1.67 bits per heavy atom. The van der Waals surface area contributed by atoms with Crippen molar-refractivity contribution >= 4 is 23.4 Å². The van der Waals surface area contributed by atoms with Crippen molar-refractivity contribution in [1.29, 1.82) is 0 Å².